The van der Waals surface area contributed by atoms with Crippen LogP contribution in [0.3, 0.4) is 0 Å². The molecule has 0 saturated carbocycles. The van der Waals surface area contributed by atoms with Crippen molar-refractivity contribution in [2.45, 2.75) is 50.7 Å². The number of carbonyl (C=O) groups is 1. The summed E-state index contributed by atoms with van der Waals surface area (Å²) in [6.45, 7) is 5.46. The first-order chi connectivity index (χ1) is 10.3. The Hall–Kier alpha value is -1.60. The van der Waals surface area contributed by atoms with E-state index in [1.54, 1.807) is 19.1 Å². The van der Waals surface area contributed by atoms with E-state index in [9.17, 15) is 13.2 Å². The van der Waals surface area contributed by atoms with Crippen LogP contribution in [0, 0.1) is 0 Å². The third-order valence-corrected chi connectivity index (χ3v) is 4.75. The molecule has 1 aromatic carbocycles. The zero-order valence-corrected chi connectivity index (χ0v) is 14.2. The second-order valence-corrected chi connectivity index (χ2v) is 6.87. The van der Waals surface area contributed by atoms with Gasteiger partial charge in [-0.1, -0.05) is 13.3 Å². The quantitative estimate of drug-likeness (QED) is 0.760. The van der Waals surface area contributed by atoms with Gasteiger partial charge >= 0.3 is 0 Å². The lowest BCUT2D eigenvalue weighted by molar-refractivity contribution is -0.126. The van der Waals surface area contributed by atoms with Gasteiger partial charge in [0.2, 0.25) is 10.0 Å². The highest BCUT2D eigenvalue weighted by atomic mass is 32.2. The van der Waals surface area contributed by atoms with Gasteiger partial charge in [-0.3, -0.25) is 4.79 Å². The number of benzene rings is 1. The molecule has 6 nitrogen and oxygen atoms in total. The average molecular weight is 328 g/mol. The average Bonchev–Trinajstić information content (AvgIpc) is 2.46. The van der Waals surface area contributed by atoms with Gasteiger partial charge in [-0.25, -0.2) is 13.1 Å². The van der Waals surface area contributed by atoms with Crippen LogP contribution in [0.4, 0.5) is 0 Å². The van der Waals surface area contributed by atoms with Gasteiger partial charge in [0.25, 0.3) is 5.91 Å². The van der Waals surface area contributed by atoms with Crippen LogP contribution in [0.15, 0.2) is 29.2 Å². The Balaban J connectivity index is 2.77. The SMILES string of the molecule is CCC[C@H](C)NS(=O)(=O)c1ccc(O[C@@H](C)C(=O)NC)cc1. The van der Waals surface area contributed by atoms with Crippen molar-refractivity contribution < 1.29 is 17.9 Å². The number of hydrogen-bond donors (Lipinski definition) is 2. The number of nitrogens with one attached hydrogen (secondary N) is 2. The zero-order chi connectivity index (χ0) is 16.8. The highest BCUT2D eigenvalue weighted by molar-refractivity contribution is 7.89. The van der Waals surface area contributed by atoms with Gasteiger partial charge in [0.1, 0.15) is 5.75 Å². The summed E-state index contributed by atoms with van der Waals surface area (Å²) < 4.78 is 32.4. The van der Waals surface area contributed by atoms with Crippen molar-refractivity contribution >= 4 is 15.9 Å². The number of carbonyl (C=O) groups excluding carboxylic acids is 1. The molecule has 0 heterocycles. The van der Waals surface area contributed by atoms with E-state index in [4.69, 9.17) is 4.74 Å². The molecule has 22 heavy (non-hydrogen) atoms. The van der Waals surface area contributed by atoms with Gasteiger partial charge in [-0.15, -0.1) is 0 Å². The van der Waals surface area contributed by atoms with E-state index in [-0.39, 0.29) is 16.8 Å². The molecule has 1 amide bonds. The van der Waals surface area contributed by atoms with E-state index in [2.05, 4.69) is 10.0 Å². The van der Waals surface area contributed by atoms with Crippen molar-refractivity contribution in [2.24, 2.45) is 0 Å². The number of ether oxygens (including phenoxy) is 1. The zero-order valence-electron chi connectivity index (χ0n) is 13.4. The molecule has 0 aliphatic rings. The largest absolute Gasteiger partial charge is 0.481 e. The molecule has 0 aromatic heterocycles. The number of likely N-dealkylation sites (N-methyl/N-ethyl adjacent to an activating group) is 1. The second-order valence-electron chi connectivity index (χ2n) is 5.16. The van der Waals surface area contributed by atoms with E-state index in [0.717, 1.165) is 12.8 Å². The maximum atomic E-state index is 12.2. The molecule has 0 fully saturated rings. The fraction of sp³-hybridized carbons (Fsp3) is 0.533. The number of sulfonamides is 1. The molecule has 2 atom stereocenters. The molecule has 1 aromatic rings. The lowest BCUT2D eigenvalue weighted by atomic mass is 10.2. The van der Waals surface area contributed by atoms with Gasteiger partial charge in [-0.2, -0.15) is 0 Å². The van der Waals surface area contributed by atoms with Crippen LogP contribution in [0.5, 0.6) is 5.75 Å². The van der Waals surface area contributed by atoms with E-state index in [1.165, 1.54) is 19.2 Å². The lowest BCUT2D eigenvalue weighted by Gasteiger charge is -2.15. The molecule has 0 radical (unpaired) electrons. The molecular weight excluding hydrogens is 304 g/mol. The Labute approximate surface area is 132 Å². The van der Waals surface area contributed by atoms with E-state index >= 15 is 0 Å². The van der Waals surface area contributed by atoms with Crippen LogP contribution in [-0.4, -0.2) is 33.5 Å². The number of hydrogen-bond acceptors (Lipinski definition) is 4. The molecule has 7 heteroatoms. The van der Waals surface area contributed by atoms with Gasteiger partial charge in [-0.05, 0) is 44.5 Å². The lowest BCUT2D eigenvalue weighted by Crippen LogP contribution is -2.33. The summed E-state index contributed by atoms with van der Waals surface area (Å²) >= 11 is 0. The highest BCUT2D eigenvalue weighted by Gasteiger charge is 2.18. The number of amides is 1. The summed E-state index contributed by atoms with van der Waals surface area (Å²) in [5.41, 5.74) is 0. The Bertz CT molecular complexity index is 584. The van der Waals surface area contributed by atoms with Crippen LogP contribution in [0.2, 0.25) is 0 Å². The maximum absolute atomic E-state index is 12.2. The van der Waals surface area contributed by atoms with Crippen molar-refractivity contribution in [2.75, 3.05) is 7.05 Å². The third kappa shape index (κ3) is 5.31. The summed E-state index contributed by atoms with van der Waals surface area (Å²) in [7, 11) is -2.00. The van der Waals surface area contributed by atoms with Crippen molar-refractivity contribution in [3.63, 3.8) is 0 Å². The molecule has 1 rings (SSSR count). The van der Waals surface area contributed by atoms with Crippen molar-refractivity contribution in [1.82, 2.24) is 10.0 Å². The smallest absolute Gasteiger partial charge is 0.260 e. The van der Waals surface area contributed by atoms with Crippen LogP contribution >= 0.6 is 0 Å². The molecule has 0 aliphatic heterocycles. The van der Waals surface area contributed by atoms with Gasteiger partial charge < -0.3 is 10.1 Å². The maximum Gasteiger partial charge on any atom is 0.260 e. The Morgan fingerprint density at radius 2 is 1.82 bits per heavy atom. The standard InChI is InChI=1S/C15H24N2O4S/c1-5-6-11(2)17-22(19,20)14-9-7-13(8-10-14)21-12(3)15(18)16-4/h7-12,17H,5-6H2,1-4H3,(H,16,18)/t11-,12-/m0/s1. The van der Waals surface area contributed by atoms with E-state index < -0.39 is 16.1 Å². The molecule has 0 bridgehead atoms. The first-order valence-electron chi connectivity index (χ1n) is 7.30. The van der Waals surface area contributed by atoms with Crippen LogP contribution in [0.25, 0.3) is 0 Å². The summed E-state index contributed by atoms with van der Waals surface area (Å²) in [4.78, 5) is 11.6. The summed E-state index contributed by atoms with van der Waals surface area (Å²) in [5, 5.41) is 2.48. The summed E-state index contributed by atoms with van der Waals surface area (Å²) in [6.07, 6.45) is 1.05. The monoisotopic (exact) mass is 328 g/mol. The third-order valence-electron chi connectivity index (χ3n) is 3.14. The topological polar surface area (TPSA) is 84.5 Å². The first kappa shape index (κ1) is 18.4. The predicted octanol–water partition coefficient (Wildman–Crippen LogP) is 1.67. The molecule has 0 saturated heterocycles. The number of rotatable bonds is 8. The Morgan fingerprint density at radius 1 is 1.23 bits per heavy atom. The minimum Gasteiger partial charge on any atom is -0.481 e. The molecule has 124 valence electrons. The Kier molecular flexibility index (Phi) is 6.83. The van der Waals surface area contributed by atoms with E-state index in [1.807, 2.05) is 13.8 Å². The van der Waals surface area contributed by atoms with Gasteiger partial charge in [0, 0.05) is 13.1 Å². The molecule has 0 unspecified atom stereocenters. The molecule has 2 N–H and O–H groups in total. The van der Waals surface area contributed by atoms with Crippen LogP contribution in [0.1, 0.15) is 33.6 Å². The minimum atomic E-state index is -3.53. The molecular formula is C15H24N2O4S. The highest BCUT2D eigenvalue weighted by Crippen LogP contribution is 2.17. The summed E-state index contributed by atoms with van der Waals surface area (Å²) in [5.74, 6) is 0.198. The van der Waals surface area contributed by atoms with Crippen LogP contribution in [-0.2, 0) is 14.8 Å². The van der Waals surface area contributed by atoms with E-state index in [0.29, 0.717) is 5.75 Å². The van der Waals surface area contributed by atoms with Crippen molar-refractivity contribution in [3.05, 3.63) is 24.3 Å². The second kappa shape index (κ2) is 8.14. The normalized spacial score (nSPS) is 14.2. The fourth-order valence-electron chi connectivity index (χ4n) is 1.98. The predicted molar refractivity (Wildman–Crippen MR) is 85.3 cm³/mol. The molecule has 0 spiro atoms. The minimum absolute atomic E-state index is 0.112. The van der Waals surface area contributed by atoms with Gasteiger partial charge in [0.05, 0.1) is 4.90 Å². The first-order valence-corrected chi connectivity index (χ1v) is 8.79. The van der Waals surface area contributed by atoms with Crippen molar-refractivity contribution in [1.29, 1.82) is 0 Å². The fourth-order valence-corrected chi connectivity index (χ4v) is 3.26. The van der Waals surface area contributed by atoms with Gasteiger partial charge in [0.15, 0.2) is 6.10 Å². The van der Waals surface area contributed by atoms with Crippen molar-refractivity contribution in [3.8, 4) is 5.75 Å². The Morgan fingerprint density at radius 3 is 2.32 bits per heavy atom. The summed E-state index contributed by atoms with van der Waals surface area (Å²) in [6, 6.07) is 5.90. The van der Waals surface area contributed by atoms with Crippen LogP contribution < -0.4 is 14.8 Å². The molecule has 0 aliphatic carbocycles.